The van der Waals surface area contributed by atoms with Crippen LogP contribution in [0.3, 0.4) is 0 Å². The summed E-state index contributed by atoms with van der Waals surface area (Å²) in [6, 6.07) is 28.1. The van der Waals surface area contributed by atoms with Gasteiger partial charge in [0, 0.05) is 11.4 Å². The molecule has 3 aromatic carbocycles. The van der Waals surface area contributed by atoms with Gasteiger partial charge in [0.05, 0.1) is 16.8 Å². The average molecular weight is 487 g/mol. The zero-order chi connectivity index (χ0) is 23.5. The van der Waals surface area contributed by atoms with Crippen molar-refractivity contribution in [2.45, 2.75) is 11.8 Å². The molecule has 0 fully saturated rings. The maximum atomic E-state index is 13.7. The number of para-hydroxylation sites is 2. The predicted octanol–water partition coefficient (Wildman–Crippen LogP) is 6.32. The van der Waals surface area contributed by atoms with Gasteiger partial charge in [-0.1, -0.05) is 60.7 Å². The normalized spacial score (nSPS) is 11.4. The first-order valence-corrected chi connectivity index (χ1v) is 13.1. The highest BCUT2D eigenvalue weighted by atomic mass is 32.2. The molecule has 5 aromatic rings. The highest BCUT2D eigenvalue weighted by molar-refractivity contribution is 7.93. The van der Waals surface area contributed by atoms with Crippen LogP contribution in [0.1, 0.15) is 6.92 Å². The van der Waals surface area contributed by atoms with Crippen LogP contribution in [0.5, 0.6) is 0 Å². The van der Waals surface area contributed by atoms with Crippen LogP contribution in [0.25, 0.3) is 20.7 Å². The van der Waals surface area contributed by atoms with Crippen LogP contribution in [0.4, 0.5) is 17.2 Å². The number of nitrogens with one attached hydrogen (secondary N) is 1. The van der Waals surface area contributed by atoms with Crippen molar-refractivity contribution in [1.29, 1.82) is 0 Å². The molecule has 0 aliphatic heterocycles. The Morgan fingerprint density at radius 2 is 1.56 bits per heavy atom. The van der Waals surface area contributed by atoms with E-state index in [4.69, 9.17) is 0 Å². The van der Waals surface area contributed by atoms with Crippen molar-refractivity contribution in [2.75, 3.05) is 16.2 Å². The van der Waals surface area contributed by atoms with Crippen LogP contribution in [-0.2, 0) is 10.0 Å². The van der Waals surface area contributed by atoms with Crippen molar-refractivity contribution in [3.8, 4) is 10.4 Å². The number of hydrogen-bond donors (Lipinski definition) is 1. The van der Waals surface area contributed by atoms with Crippen LogP contribution >= 0.6 is 11.3 Å². The van der Waals surface area contributed by atoms with Crippen LogP contribution in [0.2, 0.25) is 0 Å². The topological polar surface area (TPSA) is 75.2 Å². The molecule has 0 saturated heterocycles. The second-order valence-corrected chi connectivity index (χ2v) is 10.4. The van der Waals surface area contributed by atoms with Gasteiger partial charge < -0.3 is 5.32 Å². The molecule has 0 bridgehead atoms. The van der Waals surface area contributed by atoms with E-state index in [2.05, 4.69) is 27.4 Å². The lowest BCUT2D eigenvalue weighted by atomic mass is 10.2. The molecule has 5 rings (SSSR count). The number of aromatic nitrogens is 2. The molecule has 0 saturated carbocycles. The summed E-state index contributed by atoms with van der Waals surface area (Å²) in [5.74, 6) is 0.564. The maximum absolute atomic E-state index is 13.7. The first kappa shape index (κ1) is 22.1. The minimum Gasteiger partial charge on any atom is -0.338 e. The third-order valence-electron chi connectivity index (χ3n) is 5.43. The second kappa shape index (κ2) is 9.24. The van der Waals surface area contributed by atoms with E-state index in [9.17, 15) is 8.42 Å². The second-order valence-electron chi connectivity index (χ2n) is 7.54. The molecule has 170 valence electrons. The summed E-state index contributed by atoms with van der Waals surface area (Å²) in [7, 11) is -3.82. The molecule has 0 atom stereocenters. The van der Waals surface area contributed by atoms with Gasteiger partial charge in [-0.3, -0.25) is 4.31 Å². The number of anilines is 3. The lowest BCUT2D eigenvalue weighted by Crippen LogP contribution is -2.31. The number of thiophene rings is 1. The molecule has 0 aliphatic carbocycles. The van der Waals surface area contributed by atoms with E-state index in [-0.39, 0.29) is 4.90 Å². The van der Waals surface area contributed by atoms with Crippen LogP contribution in [0, 0.1) is 0 Å². The van der Waals surface area contributed by atoms with E-state index >= 15 is 0 Å². The van der Waals surface area contributed by atoms with Gasteiger partial charge in [0.1, 0.15) is 21.9 Å². The lowest BCUT2D eigenvalue weighted by Gasteiger charge is -2.24. The Bertz CT molecular complexity index is 1540. The van der Waals surface area contributed by atoms with Gasteiger partial charge in [0.15, 0.2) is 0 Å². The summed E-state index contributed by atoms with van der Waals surface area (Å²) in [6.45, 7) is 2.13. The van der Waals surface area contributed by atoms with Gasteiger partial charge in [0.25, 0.3) is 10.0 Å². The Hall–Kier alpha value is -3.75. The first-order valence-electron chi connectivity index (χ1n) is 10.8. The summed E-state index contributed by atoms with van der Waals surface area (Å²) in [5.41, 5.74) is 2.18. The molecule has 34 heavy (non-hydrogen) atoms. The summed E-state index contributed by atoms with van der Waals surface area (Å²) in [4.78, 5) is 10.9. The predicted molar refractivity (Wildman–Crippen MR) is 139 cm³/mol. The minimum absolute atomic E-state index is 0.186. The number of sulfonamides is 1. The van der Waals surface area contributed by atoms with Crippen LogP contribution in [0.15, 0.2) is 102 Å². The Morgan fingerprint density at radius 1 is 0.882 bits per heavy atom. The van der Waals surface area contributed by atoms with Crippen LogP contribution < -0.4 is 9.62 Å². The van der Waals surface area contributed by atoms with E-state index < -0.39 is 10.0 Å². The Morgan fingerprint density at radius 3 is 2.29 bits per heavy atom. The molecule has 2 aromatic heterocycles. The zero-order valence-electron chi connectivity index (χ0n) is 18.4. The van der Waals surface area contributed by atoms with E-state index in [0.29, 0.717) is 23.7 Å². The SMILES string of the molecule is CCN(c1ccccc1)S(=O)(=O)c1ccccc1Nc1ncnc2sc(-c3ccccc3)cc12. The van der Waals surface area contributed by atoms with E-state index in [0.717, 1.165) is 20.7 Å². The third kappa shape index (κ3) is 4.13. The smallest absolute Gasteiger partial charge is 0.266 e. The fourth-order valence-corrected chi connectivity index (χ4v) is 6.46. The molecule has 0 unspecified atom stereocenters. The van der Waals surface area contributed by atoms with Gasteiger partial charge >= 0.3 is 0 Å². The quantitative estimate of drug-likeness (QED) is 0.291. The summed E-state index contributed by atoms with van der Waals surface area (Å²) in [5, 5.41) is 4.11. The van der Waals surface area contributed by atoms with E-state index in [1.165, 1.54) is 10.6 Å². The third-order valence-corrected chi connectivity index (χ3v) is 8.48. The number of rotatable bonds is 7. The molecule has 0 spiro atoms. The Kier molecular flexibility index (Phi) is 6.00. The number of fused-ring (bicyclic) bond motifs is 1. The highest BCUT2D eigenvalue weighted by Gasteiger charge is 2.26. The minimum atomic E-state index is -3.82. The fraction of sp³-hybridized carbons (Fsp3) is 0.0769. The molecule has 0 radical (unpaired) electrons. The molecule has 8 heteroatoms. The fourth-order valence-electron chi connectivity index (χ4n) is 3.83. The zero-order valence-corrected chi connectivity index (χ0v) is 20.1. The van der Waals surface area contributed by atoms with E-state index in [1.807, 2.05) is 55.5 Å². The van der Waals surface area contributed by atoms with Gasteiger partial charge in [-0.25, -0.2) is 18.4 Å². The average Bonchev–Trinajstić information content (AvgIpc) is 3.31. The summed E-state index contributed by atoms with van der Waals surface area (Å²) < 4.78 is 28.8. The highest BCUT2D eigenvalue weighted by Crippen LogP contribution is 2.37. The van der Waals surface area contributed by atoms with Gasteiger partial charge in [0.2, 0.25) is 0 Å². The lowest BCUT2D eigenvalue weighted by molar-refractivity contribution is 0.592. The maximum Gasteiger partial charge on any atom is 0.266 e. The summed E-state index contributed by atoms with van der Waals surface area (Å²) in [6.07, 6.45) is 1.50. The van der Waals surface area contributed by atoms with Gasteiger partial charge in [-0.15, -0.1) is 11.3 Å². The van der Waals surface area contributed by atoms with Crippen molar-refractivity contribution in [3.05, 3.63) is 97.3 Å². The standard InChI is InChI=1S/C26H22N4O2S2/c1-2-30(20-13-7-4-8-14-20)34(31,32)24-16-10-9-15-22(24)29-25-21-17-23(19-11-5-3-6-12-19)33-26(21)28-18-27-25/h3-18H,2H2,1H3,(H,27,28,29). The first-order chi connectivity index (χ1) is 16.6. The van der Waals surface area contributed by atoms with Crippen molar-refractivity contribution in [2.24, 2.45) is 0 Å². The molecule has 0 amide bonds. The largest absolute Gasteiger partial charge is 0.338 e. The monoisotopic (exact) mass is 486 g/mol. The van der Waals surface area contributed by atoms with Crippen molar-refractivity contribution >= 4 is 48.8 Å². The molecular weight excluding hydrogens is 464 g/mol. The van der Waals surface area contributed by atoms with Crippen molar-refractivity contribution in [1.82, 2.24) is 9.97 Å². The van der Waals surface area contributed by atoms with Crippen molar-refractivity contribution < 1.29 is 8.42 Å². The number of benzene rings is 3. The van der Waals surface area contributed by atoms with Gasteiger partial charge in [-0.05, 0) is 42.8 Å². The molecule has 1 N–H and O–H groups in total. The molecule has 0 aliphatic rings. The molecule has 2 heterocycles. The summed E-state index contributed by atoms with van der Waals surface area (Å²) >= 11 is 1.57. The number of nitrogens with zero attached hydrogens (tertiary/aromatic N) is 3. The van der Waals surface area contributed by atoms with Crippen LogP contribution in [-0.4, -0.2) is 24.9 Å². The number of hydrogen-bond acceptors (Lipinski definition) is 6. The Balaban J connectivity index is 1.55. The van der Waals surface area contributed by atoms with Gasteiger partial charge in [-0.2, -0.15) is 0 Å². The molecule has 6 nitrogen and oxygen atoms in total. The van der Waals surface area contributed by atoms with Crippen molar-refractivity contribution in [3.63, 3.8) is 0 Å². The van der Waals surface area contributed by atoms with E-state index in [1.54, 1.807) is 41.7 Å². The molecular formula is C26H22N4O2S2. The Labute approximate surface area is 202 Å².